The highest BCUT2D eigenvalue weighted by Gasteiger charge is 2.32. The van der Waals surface area contributed by atoms with E-state index < -0.39 is 15.8 Å². The number of nitrogens with zero attached hydrogens (tertiary/aromatic N) is 1. The highest BCUT2D eigenvalue weighted by molar-refractivity contribution is 7.99. The van der Waals surface area contributed by atoms with E-state index in [1.165, 1.54) is 16.4 Å². The number of rotatable bonds is 7. The predicted octanol–water partition coefficient (Wildman–Crippen LogP) is 2.15. The Labute approximate surface area is 185 Å². The molecule has 0 aliphatic carbocycles. The maximum Gasteiger partial charge on any atom is 0.288 e. The minimum absolute atomic E-state index is 0.199. The fourth-order valence-corrected chi connectivity index (χ4v) is 5.75. The van der Waals surface area contributed by atoms with Crippen LogP contribution < -0.4 is 10.2 Å². The Morgan fingerprint density at radius 1 is 1.13 bits per heavy atom. The number of sulfonamides is 1. The number of benzene rings is 2. The van der Waals surface area contributed by atoms with Crippen LogP contribution in [-0.4, -0.2) is 57.1 Å². The Morgan fingerprint density at radius 3 is 2.39 bits per heavy atom. The molecule has 0 bridgehead atoms. The first-order valence-corrected chi connectivity index (χ1v) is 12.2. The number of thioether (sulfide) groups is 1. The molecule has 6 nitrogen and oxygen atoms in total. The number of amides is 1. The fourth-order valence-electron chi connectivity index (χ4n) is 3.50. The molecular weight excluding hydrogens is 444 g/mol. The second-order valence-corrected chi connectivity index (χ2v) is 10.5. The van der Waals surface area contributed by atoms with E-state index in [4.69, 9.17) is 0 Å². The Morgan fingerprint density at radius 2 is 1.77 bits per heavy atom. The summed E-state index contributed by atoms with van der Waals surface area (Å²) in [6.07, 6.45) is 0. The fraction of sp³-hybridized carbons (Fsp3) is 0.381. The molecule has 3 rings (SSSR count). The average Bonchev–Trinajstić information content (AvgIpc) is 2.71. The first kappa shape index (κ1) is 23.6. The number of piperazine rings is 1. The molecule has 2 aromatic rings. The van der Waals surface area contributed by atoms with Crippen LogP contribution in [0.2, 0.25) is 0 Å². The molecular formula is C21H26F2N3O3S2+. The van der Waals surface area contributed by atoms with Gasteiger partial charge in [0, 0.05) is 10.6 Å². The summed E-state index contributed by atoms with van der Waals surface area (Å²) in [6.45, 7) is 5.62. The summed E-state index contributed by atoms with van der Waals surface area (Å²) in [6, 6.07) is 11.7. The summed E-state index contributed by atoms with van der Waals surface area (Å²) in [5.41, 5.74) is 2.16. The summed E-state index contributed by atoms with van der Waals surface area (Å²) >= 11 is 0.453. The molecule has 1 aliphatic heterocycles. The van der Waals surface area contributed by atoms with Crippen molar-refractivity contribution in [3.63, 3.8) is 0 Å². The smallest absolute Gasteiger partial charge is 0.288 e. The molecule has 1 saturated heterocycles. The number of anilines is 1. The number of nitrogens with one attached hydrogen (secondary N) is 2. The number of carbonyl (C=O) groups excluding carboxylic acids is 1. The van der Waals surface area contributed by atoms with Gasteiger partial charge in [-0.1, -0.05) is 23.9 Å². The van der Waals surface area contributed by atoms with E-state index >= 15 is 0 Å². The maximum absolute atomic E-state index is 13.0. The third-order valence-corrected chi connectivity index (χ3v) is 7.93. The lowest BCUT2D eigenvalue weighted by Crippen LogP contribution is -3.15. The Bertz CT molecular complexity index is 1020. The molecule has 0 atom stereocenters. The zero-order valence-corrected chi connectivity index (χ0v) is 19.0. The van der Waals surface area contributed by atoms with Crippen LogP contribution in [0.15, 0.2) is 52.3 Å². The molecule has 10 heteroatoms. The third-order valence-electron chi connectivity index (χ3n) is 5.16. The van der Waals surface area contributed by atoms with Crippen molar-refractivity contribution in [1.82, 2.24) is 4.31 Å². The normalized spacial score (nSPS) is 15.9. The van der Waals surface area contributed by atoms with Gasteiger partial charge in [0.1, 0.15) is 0 Å². The molecule has 2 N–H and O–H groups in total. The molecule has 0 aromatic heterocycles. The number of aryl methyl sites for hydroxylation is 2. The van der Waals surface area contributed by atoms with Gasteiger partial charge in [-0.15, -0.1) is 0 Å². The standard InChI is InChI=1S/C21H25F2N3O3S2/c1-15-3-4-16(2)19(13-15)31(28,29)26-11-9-25(10-12-26)14-20(27)24-17-5-7-18(8-6-17)30-21(22)23/h3-8,13,21H,9-12,14H2,1-2H3,(H,24,27)/p+1. The molecule has 0 saturated carbocycles. The van der Waals surface area contributed by atoms with Crippen molar-refractivity contribution in [2.45, 2.75) is 29.4 Å². The molecule has 168 valence electrons. The largest absolute Gasteiger partial charge is 0.325 e. The highest BCUT2D eigenvalue weighted by Crippen LogP contribution is 2.26. The van der Waals surface area contributed by atoms with Crippen molar-refractivity contribution in [2.75, 3.05) is 38.0 Å². The van der Waals surface area contributed by atoms with Crippen LogP contribution >= 0.6 is 11.8 Å². The van der Waals surface area contributed by atoms with Gasteiger partial charge >= 0.3 is 0 Å². The van der Waals surface area contributed by atoms with E-state index in [-0.39, 0.29) is 12.5 Å². The molecule has 1 amide bonds. The Hall–Kier alpha value is -2.01. The van der Waals surface area contributed by atoms with Crippen LogP contribution in [0, 0.1) is 13.8 Å². The summed E-state index contributed by atoms with van der Waals surface area (Å²) in [5, 5.41) is 2.76. The molecule has 0 unspecified atom stereocenters. The molecule has 2 aromatic carbocycles. The van der Waals surface area contributed by atoms with E-state index in [1.54, 1.807) is 25.1 Å². The minimum Gasteiger partial charge on any atom is -0.325 e. The van der Waals surface area contributed by atoms with Gasteiger partial charge in [-0.3, -0.25) is 4.79 Å². The molecule has 0 radical (unpaired) electrons. The van der Waals surface area contributed by atoms with Crippen LogP contribution in [0.1, 0.15) is 11.1 Å². The molecule has 31 heavy (non-hydrogen) atoms. The van der Waals surface area contributed by atoms with E-state index in [9.17, 15) is 22.0 Å². The number of alkyl halides is 2. The number of hydrogen-bond donors (Lipinski definition) is 2. The Balaban J connectivity index is 1.52. The number of hydrogen-bond acceptors (Lipinski definition) is 4. The minimum atomic E-state index is -3.56. The number of carbonyl (C=O) groups is 1. The maximum atomic E-state index is 13.0. The Kier molecular flexibility index (Phi) is 7.68. The van der Waals surface area contributed by atoms with Gasteiger partial charge in [0.15, 0.2) is 6.54 Å². The second-order valence-electron chi connectivity index (χ2n) is 7.55. The van der Waals surface area contributed by atoms with Crippen molar-refractivity contribution >= 4 is 33.4 Å². The van der Waals surface area contributed by atoms with Gasteiger partial charge in [0.25, 0.3) is 11.7 Å². The lowest BCUT2D eigenvalue weighted by Gasteiger charge is -2.31. The van der Waals surface area contributed by atoms with Gasteiger partial charge in [0.2, 0.25) is 10.0 Å². The van der Waals surface area contributed by atoms with E-state index in [2.05, 4.69) is 5.32 Å². The number of halogens is 2. The zero-order valence-electron chi connectivity index (χ0n) is 17.4. The topological polar surface area (TPSA) is 70.9 Å². The molecule has 1 fully saturated rings. The van der Waals surface area contributed by atoms with Crippen molar-refractivity contribution < 1.29 is 26.9 Å². The van der Waals surface area contributed by atoms with Crippen LogP contribution in [0.4, 0.5) is 14.5 Å². The monoisotopic (exact) mass is 470 g/mol. The third kappa shape index (κ3) is 6.25. The molecule has 1 heterocycles. The van der Waals surface area contributed by atoms with Gasteiger partial charge in [-0.25, -0.2) is 8.42 Å². The zero-order chi connectivity index (χ0) is 22.6. The quantitative estimate of drug-likeness (QED) is 0.609. The van der Waals surface area contributed by atoms with Gasteiger partial charge in [-0.05, 0) is 55.3 Å². The van der Waals surface area contributed by atoms with Crippen LogP contribution in [-0.2, 0) is 14.8 Å². The van der Waals surface area contributed by atoms with E-state index in [0.717, 1.165) is 16.0 Å². The molecule has 1 aliphatic rings. The van der Waals surface area contributed by atoms with E-state index in [1.807, 2.05) is 19.1 Å². The van der Waals surface area contributed by atoms with E-state index in [0.29, 0.717) is 53.4 Å². The second kappa shape index (κ2) is 10.1. The lowest BCUT2D eigenvalue weighted by molar-refractivity contribution is -0.895. The van der Waals surface area contributed by atoms with Crippen molar-refractivity contribution in [3.8, 4) is 0 Å². The van der Waals surface area contributed by atoms with Gasteiger partial charge in [0.05, 0.1) is 31.1 Å². The molecule has 0 spiro atoms. The summed E-state index contributed by atoms with van der Waals surface area (Å²) < 4.78 is 52.3. The summed E-state index contributed by atoms with van der Waals surface area (Å²) in [5.74, 6) is -2.68. The van der Waals surface area contributed by atoms with Crippen molar-refractivity contribution in [2.24, 2.45) is 0 Å². The predicted molar refractivity (Wildman–Crippen MR) is 117 cm³/mol. The average molecular weight is 471 g/mol. The van der Waals surface area contributed by atoms with Crippen LogP contribution in [0.3, 0.4) is 0 Å². The summed E-state index contributed by atoms with van der Waals surface area (Å²) in [7, 11) is -3.56. The van der Waals surface area contributed by atoms with Gasteiger partial charge < -0.3 is 10.2 Å². The first-order chi connectivity index (χ1) is 14.6. The van der Waals surface area contributed by atoms with Crippen LogP contribution in [0.5, 0.6) is 0 Å². The van der Waals surface area contributed by atoms with Crippen LogP contribution in [0.25, 0.3) is 0 Å². The number of quaternary nitrogens is 1. The lowest BCUT2D eigenvalue weighted by atomic mass is 10.2. The van der Waals surface area contributed by atoms with Crippen molar-refractivity contribution in [1.29, 1.82) is 0 Å². The SMILES string of the molecule is Cc1ccc(C)c(S(=O)(=O)N2CC[NH+](CC(=O)Nc3ccc(SC(F)F)cc3)CC2)c1. The summed E-state index contributed by atoms with van der Waals surface area (Å²) in [4.78, 5) is 14.1. The highest BCUT2D eigenvalue weighted by atomic mass is 32.2. The first-order valence-electron chi connectivity index (χ1n) is 9.91. The van der Waals surface area contributed by atoms with Gasteiger partial charge in [-0.2, -0.15) is 13.1 Å². The van der Waals surface area contributed by atoms with Crippen molar-refractivity contribution in [3.05, 3.63) is 53.6 Å².